The van der Waals surface area contributed by atoms with Crippen molar-refractivity contribution >= 4 is 0 Å². The monoisotopic (exact) mass is 239 g/mol. The number of nitrogens with one attached hydrogen (secondary N) is 1. The van der Waals surface area contributed by atoms with E-state index in [2.05, 4.69) is 33.0 Å². The summed E-state index contributed by atoms with van der Waals surface area (Å²) >= 11 is 0. The van der Waals surface area contributed by atoms with E-state index in [0.717, 1.165) is 38.1 Å². The SMILES string of the molecule is CCOCCCNC1CC2CCC1(C)C2(C)C. The highest BCUT2D eigenvalue weighted by atomic mass is 16.5. The second kappa shape index (κ2) is 4.89. The molecule has 0 aromatic heterocycles. The smallest absolute Gasteiger partial charge is 0.0477 e. The van der Waals surface area contributed by atoms with E-state index in [9.17, 15) is 0 Å². The number of fused-ring (bicyclic) bond motifs is 2. The molecule has 3 unspecified atom stereocenters. The largest absolute Gasteiger partial charge is 0.382 e. The van der Waals surface area contributed by atoms with E-state index in [-0.39, 0.29) is 0 Å². The summed E-state index contributed by atoms with van der Waals surface area (Å²) in [6, 6.07) is 0.734. The van der Waals surface area contributed by atoms with Crippen LogP contribution in [-0.4, -0.2) is 25.8 Å². The Balaban J connectivity index is 1.80. The molecule has 1 N–H and O–H groups in total. The standard InChI is InChI=1S/C15H29NO/c1-5-17-10-6-9-16-13-11-12-7-8-15(13,4)14(12,2)3/h12-13,16H,5-11H2,1-4H3. The molecule has 0 heterocycles. The van der Waals surface area contributed by atoms with Gasteiger partial charge in [-0.1, -0.05) is 20.8 Å². The van der Waals surface area contributed by atoms with Gasteiger partial charge < -0.3 is 10.1 Å². The van der Waals surface area contributed by atoms with Gasteiger partial charge in [0.25, 0.3) is 0 Å². The average Bonchev–Trinajstić information content (AvgIpc) is 2.61. The van der Waals surface area contributed by atoms with Gasteiger partial charge in [0, 0.05) is 19.3 Å². The minimum absolute atomic E-state index is 0.517. The average molecular weight is 239 g/mol. The van der Waals surface area contributed by atoms with Crippen molar-refractivity contribution in [2.75, 3.05) is 19.8 Å². The molecule has 3 atom stereocenters. The van der Waals surface area contributed by atoms with Crippen molar-refractivity contribution in [2.45, 2.75) is 59.4 Å². The molecule has 2 bridgehead atoms. The van der Waals surface area contributed by atoms with Crippen molar-refractivity contribution in [3.8, 4) is 0 Å². The van der Waals surface area contributed by atoms with Crippen molar-refractivity contribution in [1.82, 2.24) is 5.32 Å². The zero-order valence-corrected chi connectivity index (χ0v) is 12.0. The lowest BCUT2D eigenvalue weighted by atomic mass is 9.69. The maximum Gasteiger partial charge on any atom is 0.0477 e. The third-order valence-corrected chi connectivity index (χ3v) is 5.85. The Morgan fingerprint density at radius 1 is 1.29 bits per heavy atom. The molecule has 2 nitrogen and oxygen atoms in total. The zero-order chi connectivity index (χ0) is 12.5. The number of ether oxygens (including phenoxy) is 1. The lowest BCUT2D eigenvalue weighted by molar-refractivity contribution is 0.115. The number of hydrogen-bond donors (Lipinski definition) is 1. The van der Waals surface area contributed by atoms with Crippen LogP contribution in [0.1, 0.15) is 53.4 Å². The van der Waals surface area contributed by atoms with Crippen LogP contribution in [0.5, 0.6) is 0 Å². The molecule has 17 heavy (non-hydrogen) atoms. The zero-order valence-electron chi connectivity index (χ0n) is 12.0. The Bertz CT molecular complexity index is 264. The Labute approximate surface area is 107 Å². The molecule has 2 rings (SSSR count). The topological polar surface area (TPSA) is 21.3 Å². The summed E-state index contributed by atoms with van der Waals surface area (Å²) < 4.78 is 5.39. The molecule has 0 aliphatic heterocycles. The molecule has 0 aromatic rings. The summed E-state index contributed by atoms with van der Waals surface area (Å²) in [7, 11) is 0. The van der Waals surface area contributed by atoms with Crippen molar-refractivity contribution < 1.29 is 4.74 Å². The highest BCUT2D eigenvalue weighted by Crippen LogP contribution is 2.65. The third-order valence-electron chi connectivity index (χ3n) is 5.85. The fourth-order valence-corrected chi connectivity index (χ4v) is 4.11. The van der Waals surface area contributed by atoms with E-state index in [1.807, 2.05) is 0 Å². The van der Waals surface area contributed by atoms with Crippen LogP contribution in [-0.2, 0) is 4.74 Å². The first-order valence-corrected chi connectivity index (χ1v) is 7.33. The molecule has 100 valence electrons. The van der Waals surface area contributed by atoms with Crippen LogP contribution in [0, 0.1) is 16.7 Å². The normalized spacial score (nSPS) is 38.8. The number of rotatable bonds is 6. The van der Waals surface area contributed by atoms with Gasteiger partial charge in [-0.25, -0.2) is 0 Å². The van der Waals surface area contributed by atoms with Gasteiger partial charge in [0.1, 0.15) is 0 Å². The molecule has 2 aliphatic rings. The third kappa shape index (κ3) is 2.15. The first-order valence-electron chi connectivity index (χ1n) is 7.33. The van der Waals surface area contributed by atoms with Gasteiger partial charge in [-0.2, -0.15) is 0 Å². The Hall–Kier alpha value is -0.0800. The van der Waals surface area contributed by atoms with E-state index >= 15 is 0 Å². The van der Waals surface area contributed by atoms with Gasteiger partial charge in [0.05, 0.1) is 0 Å². The van der Waals surface area contributed by atoms with Gasteiger partial charge >= 0.3 is 0 Å². The van der Waals surface area contributed by atoms with Crippen LogP contribution in [0.15, 0.2) is 0 Å². The lowest BCUT2D eigenvalue weighted by Crippen LogP contribution is -2.44. The van der Waals surface area contributed by atoms with Gasteiger partial charge in [0.15, 0.2) is 0 Å². The van der Waals surface area contributed by atoms with Crippen LogP contribution in [0.2, 0.25) is 0 Å². The van der Waals surface area contributed by atoms with E-state index < -0.39 is 0 Å². The lowest BCUT2D eigenvalue weighted by Gasteiger charge is -2.39. The molecule has 0 saturated heterocycles. The summed E-state index contributed by atoms with van der Waals surface area (Å²) in [4.78, 5) is 0. The molecule has 0 amide bonds. The fourth-order valence-electron chi connectivity index (χ4n) is 4.11. The van der Waals surface area contributed by atoms with Crippen LogP contribution in [0.4, 0.5) is 0 Å². The summed E-state index contributed by atoms with van der Waals surface area (Å²) in [5.41, 5.74) is 1.05. The Morgan fingerprint density at radius 2 is 2.06 bits per heavy atom. The fraction of sp³-hybridized carbons (Fsp3) is 1.00. The van der Waals surface area contributed by atoms with E-state index in [1.54, 1.807) is 0 Å². The van der Waals surface area contributed by atoms with Gasteiger partial charge in [0.2, 0.25) is 0 Å². The van der Waals surface area contributed by atoms with Crippen molar-refractivity contribution in [1.29, 1.82) is 0 Å². The van der Waals surface area contributed by atoms with Gasteiger partial charge in [-0.05, 0) is 55.9 Å². The summed E-state index contributed by atoms with van der Waals surface area (Å²) in [6.45, 7) is 12.4. The van der Waals surface area contributed by atoms with E-state index in [1.165, 1.54) is 19.3 Å². The summed E-state index contributed by atoms with van der Waals surface area (Å²) in [5, 5.41) is 3.79. The molecule has 2 fully saturated rings. The quantitative estimate of drug-likeness (QED) is 0.719. The number of hydrogen-bond acceptors (Lipinski definition) is 2. The molecular formula is C15H29NO. The first-order chi connectivity index (χ1) is 8.02. The molecule has 2 aliphatic carbocycles. The predicted octanol–water partition coefficient (Wildman–Crippen LogP) is 3.22. The molecule has 0 aromatic carbocycles. The highest BCUT2D eigenvalue weighted by molar-refractivity contribution is 5.12. The van der Waals surface area contributed by atoms with Crippen LogP contribution >= 0.6 is 0 Å². The molecular weight excluding hydrogens is 210 g/mol. The van der Waals surface area contributed by atoms with Crippen LogP contribution < -0.4 is 5.32 Å². The molecule has 2 heteroatoms. The molecule has 2 saturated carbocycles. The van der Waals surface area contributed by atoms with Crippen molar-refractivity contribution in [2.24, 2.45) is 16.7 Å². The maximum atomic E-state index is 5.39. The Kier molecular flexibility index (Phi) is 3.84. The minimum atomic E-state index is 0.517. The summed E-state index contributed by atoms with van der Waals surface area (Å²) in [6.07, 6.45) is 5.39. The summed E-state index contributed by atoms with van der Waals surface area (Å²) in [5.74, 6) is 0.942. The molecule has 0 radical (unpaired) electrons. The van der Waals surface area contributed by atoms with E-state index in [0.29, 0.717) is 10.8 Å². The Morgan fingerprint density at radius 3 is 2.59 bits per heavy atom. The van der Waals surface area contributed by atoms with Crippen molar-refractivity contribution in [3.05, 3.63) is 0 Å². The predicted molar refractivity (Wildman–Crippen MR) is 72.1 cm³/mol. The van der Waals surface area contributed by atoms with Crippen molar-refractivity contribution in [3.63, 3.8) is 0 Å². The van der Waals surface area contributed by atoms with Gasteiger partial charge in [-0.3, -0.25) is 0 Å². The maximum absolute atomic E-state index is 5.39. The van der Waals surface area contributed by atoms with Gasteiger partial charge in [-0.15, -0.1) is 0 Å². The van der Waals surface area contributed by atoms with E-state index in [4.69, 9.17) is 4.74 Å². The first kappa shape index (κ1) is 13.4. The second-order valence-corrected chi connectivity index (χ2v) is 6.67. The van der Waals surface area contributed by atoms with Crippen LogP contribution in [0.3, 0.4) is 0 Å². The highest BCUT2D eigenvalue weighted by Gasteiger charge is 2.60. The minimum Gasteiger partial charge on any atom is -0.382 e. The second-order valence-electron chi connectivity index (χ2n) is 6.67. The molecule has 0 spiro atoms. The van der Waals surface area contributed by atoms with Crippen LogP contribution in [0.25, 0.3) is 0 Å².